The molecule has 0 bridgehead atoms. The molecule has 0 saturated heterocycles. The number of carbonyl (C=O) groups is 3. The quantitative estimate of drug-likeness (QED) is 0.0284. The van der Waals surface area contributed by atoms with Crippen molar-refractivity contribution in [2.24, 2.45) is 0 Å². The van der Waals surface area contributed by atoms with Gasteiger partial charge < -0.3 is 14.2 Å². The van der Waals surface area contributed by atoms with E-state index in [0.717, 1.165) is 57.8 Å². The Labute approximate surface area is 296 Å². The van der Waals surface area contributed by atoms with Crippen LogP contribution < -0.4 is 0 Å². The molecule has 6 nitrogen and oxygen atoms in total. The summed E-state index contributed by atoms with van der Waals surface area (Å²) in [6, 6.07) is 0. The monoisotopic (exact) mass is 677 g/mol. The first-order chi connectivity index (χ1) is 23.5. The summed E-state index contributed by atoms with van der Waals surface area (Å²) in [6.07, 6.45) is 38.8. The van der Waals surface area contributed by atoms with Gasteiger partial charge in [-0.05, 0) is 64.2 Å². The highest BCUT2D eigenvalue weighted by Gasteiger charge is 2.19. The number of ether oxygens (including phenoxy) is 3. The molecule has 1 unspecified atom stereocenters. The first-order valence-electron chi connectivity index (χ1n) is 20.3. The largest absolute Gasteiger partial charge is 0.462 e. The number of unbranched alkanes of at least 4 members (excludes halogenated alkanes) is 21. The first-order valence-corrected chi connectivity index (χ1v) is 20.3. The Morgan fingerprint density at radius 1 is 0.396 bits per heavy atom. The van der Waals surface area contributed by atoms with Gasteiger partial charge in [-0.2, -0.15) is 0 Å². The maximum absolute atomic E-state index is 12.6. The Morgan fingerprint density at radius 2 is 0.708 bits per heavy atom. The molecule has 0 fully saturated rings. The summed E-state index contributed by atoms with van der Waals surface area (Å²) in [6.45, 7) is 6.51. The van der Waals surface area contributed by atoms with E-state index in [9.17, 15) is 14.4 Å². The Morgan fingerprint density at radius 3 is 1.17 bits per heavy atom. The van der Waals surface area contributed by atoms with Crippen LogP contribution >= 0.6 is 0 Å². The van der Waals surface area contributed by atoms with Crippen molar-refractivity contribution in [1.29, 1.82) is 0 Å². The van der Waals surface area contributed by atoms with Gasteiger partial charge in [-0.1, -0.05) is 148 Å². The third kappa shape index (κ3) is 35.2. The molecule has 1 atom stereocenters. The van der Waals surface area contributed by atoms with Gasteiger partial charge >= 0.3 is 17.9 Å². The highest BCUT2D eigenvalue weighted by molar-refractivity contribution is 5.71. The molecule has 0 radical (unpaired) electrons. The smallest absolute Gasteiger partial charge is 0.306 e. The average molecular weight is 677 g/mol. The zero-order chi connectivity index (χ0) is 35.2. The van der Waals surface area contributed by atoms with Crippen LogP contribution in [0.25, 0.3) is 0 Å². The Hall–Kier alpha value is -2.11. The van der Waals surface area contributed by atoms with Crippen LogP contribution in [0.1, 0.15) is 207 Å². The minimum Gasteiger partial charge on any atom is -0.462 e. The number of hydrogen-bond donors (Lipinski definition) is 0. The lowest BCUT2D eigenvalue weighted by Crippen LogP contribution is -2.30. The zero-order valence-corrected chi connectivity index (χ0v) is 31.8. The van der Waals surface area contributed by atoms with Crippen molar-refractivity contribution in [3.63, 3.8) is 0 Å². The van der Waals surface area contributed by atoms with Crippen molar-refractivity contribution in [3.05, 3.63) is 24.3 Å². The van der Waals surface area contributed by atoms with Crippen molar-refractivity contribution in [1.82, 2.24) is 0 Å². The Balaban J connectivity index is 4.39. The lowest BCUT2D eigenvalue weighted by molar-refractivity contribution is -0.167. The molecule has 0 aromatic heterocycles. The Bertz CT molecular complexity index is 789. The predicted molar refractivity (Wildman–Crippen MR) is 201 cm³/mol. The molecule has 0 saturated carbocycles. The molecule has 0 aliphatic rings. The van der Waals surface area contributed by atoms with E-state index in [2.05, 4.69) is 45.1 Å². The summed E-state index contributed by atoms with van der Waals surface area (Å²) < 4.78 is 16.5. The lowest BCUT2D eigenvalue weighted by Gasteiger charge is -2.18. The van der Waals surface area contributed by atoms with E-state index in [1.807, 2.05) is 0 Å². The van der Waals surface area contributed by atoms with Crippen molar-refractivity contribution in [3.8, 4) is 0 Å². The first kappa shape index (κ1) is 45.9. The molecule has 0 aliphatic carbocycles. The van der Waals surface area contributed by atoms with Gasteiger partial charge in [0.15, 0.2) is 6.10 Å². The molecule has 0 aromatic carbocycles. The molecule has 6 heteroatoms. The fourth-order valence-corrected chi connectivity index (χ4v) is 5.56. The fraction of sp³-hybridized carbons (Fsp3) is 0.833. The van der Waals surface area contributed by atoms with Crippen LogP contribution in [0, 0.1) is 0 Å². The molecular weight excluding hydrogens is 600 g/mol. The molecule has 0 N–H and O–H groups in total. The number of esters is 3. The van der Waals surface area contributed by atoms with Gasteiger partial charge in [0.1, 0.15) is 13.2 Å². The van der Waals surface area contributed by atoms with E-state index >= 15 is 0 Å². The third-order valence-corrected chi connectivity index (χ3v) is 8.68. The number of carbonyl (C=O) groups excluding carboxylic acids is 3. The van der Waals surface area contributed by atoms with E-state index in [1.54, 1.807) is 0 Å². The molecule has 280 valence electrons. The standard InChI is InChI=1S/C42H76O6/c1-4-7-10-13-16-19-20-21-24-26-29-32-35-41(44)47-38-39(48-42(45)36-33-30-27-23-18-15-12-9-6-3)37-46-40(43)34-31-28-25-22-17-14-11-8-5-2/h16,19,23,27,39H,4-15,17-18,20-22,24-26,28-38H2,1-3H3/b19-16-,27-23-. The highest BCUT2D eigenvalue weighted by atomic mass is 16.6. The van der Waals surface area contributed by atoms with Crippen LogP contribution in [0.5, 0.6) is 0 Å². The van der Waals surface area contributed by atoms with Gasteiger partial charge in [-0.15, -0.1) is 0 Å². The normalized spacial score (nSPS) is 12.1. The van der Waals surface area contributed by atoms with Crippen LogP contribution in [0.4, 0.5) is 0 Å². The maximum atomic E-state index is 12.6. The van der Waals surface area contributed by atoms with E-state index in [4.69, 9.17) is 14.2 Å². The van der Waals surface area contributed by atoms with Crippen LogP contribution in [0.2, 0.25) is 0 Å². The second-order valence-electron chi connectivity index (χ2n) is 13.5. The Kier molecular flexibility index (Phi) is 36.0. The molecule has 0 amide bonds. The second kappa shape index (κ2) is 37.7. The molecular formula is C42H76O6. The minimum absolute atomic E-state index is 0.0833. The fourth-order valence-electron chi connectivity index (χ4n) is 5.56. The third-order valence-electron chi connectivity index (χ3n) is 8.68. The maximum Gasteiger partial charge on any atom is 0.306 e. The van der Waals surface area contributed by atoms with Crippen LogP contribution in [-0.2, 0) is 28.6 Å². The van der Waals surface area contributed by atoms with Gasteiger partial charge in [0.25, 0.3) is 0 Å². The van der Waals surface area contributed by atoms with Crippen LogP contribution in [0.15, 0.2) is 24.3 Å². The van der Waals surface area contributed by atoms with Crippen molar-refractivity contribution >= 4 is 17.9 Å². The topological polar surface area (TPSA) is 78.9 Å². The van der Waals surface area contributed by atoms with Crippen molar-refractivity contribution in [2.45, 2.75) is 213 Å². The molecule has 48 heavy (non-hydrogen) atoms. The molecule has 0 rings (SSSR count). The lowest BCUT2D eigenvalue weighted by atomic mass is 10.1. The van der Waals surface area contributed by atoms with Gasteiger partial charge in [-0.25, -0.2) is 0 Å². The zero-order valence-electron chi connectivity index (χ0n) is 31.8. The number of rotatable bonds is 36. The summed E-state index contributed by atoms with van der Waals surface area (Å²) in [5.74, 6) is -0.935. The van der Waals surface area contributed by atoms with Crippen molar-refractivity contribution in [2.75, 3.05) is 13.2 Å². The molecule has 0 aromatic rings. The summed E-state index contributed by atoms with van der Waals surface area (Å²) >= 11 is 0. The number of allylic oxidation sites excluding steroid dienone is 4. The predicted octanol–water partition coefficient (Wildman–Crippen LogP) is 12.5. The van der Waals surface area contributed by atoms with Crippen LogP contribution in [0.3, 0.4) is 0 Å². The van der Waals surface area contributed by atoms with Gasteiger partial charge in [0.05, 0.1) is 0 Å². The van der Waals surface area contributed by atoms with Gasteiger partial charge in [-0.3, -0.25) is 14.4 Å². The summed E-state index contributed by atoms with van der Waals surface area (Å²) in [5.41, 5.74) is 0. The number of hydrogen-bond acceptors (Lipinski definition) is 6. The summed E-state index contributed by atoms with van der Waals surface area (Å²) in [4.78, 5) is 37.4. The summed E-state index contributed by atoms with van der Waals surface area (Å²) in [5, 5.41) is 0. The van der Waals surface area contributed by atoms with E-state index in [-0.39, 0.29) is 37.5 Å². The van der Waals surface area contributed by atoms with E-state index < -0.39 is 6.10 Å². The minimum atomic E-state index is -0.780. The highest BCUT2D eigenvalue weighted by Crippen LogP contribution is 2.13. The molecule has 0 aliphatic heterocycles. The van der Waals surface area contributed by atoms with Gasteiger partial charge in [0.2, 0.25) is 0 Å². The molecule has 0 heterocycles. The van der Waals surface area contributed by atoms with E-state index in [1.165, 1.54) is 103 Å². The van der Waals surface area contributed by atoms with Crippen LogP contribution in [-0.4, -0.2) is 37.2 Å². The summed E-state index contributed by atoms with van der Waals surface area (Å²) in [7, 11) is 0. The molecule has 0 spiro atoms. The second-order valence-corrected chi connectivity index (χ2v) is 13.5. The SMILES string of the molecule is CCCCC/C=C\CCCCCCCC(=O)OCC(COC(=O)CCCCCCCCCCC)OC(=O)CCC/C=C\CCCCCC. The average Bonchev–Trinajstić information content (AvgIpc) is 3.08. The van der Waals surface area contributed by atoms with Gasteiger partial charge in [0, 0.05) is 19.3 Å². The van der Waals surface area contributed by atoms with E-state index in [0.29, 0.717) is 19.3 Å². The van der Waals surface area contributed by atoms with Crippen molar-refractivity contribution < 1.29 is 28.6 Å².